The fraction of sp³-hybridized carbons (Fsp3) is 0.323. The first-order valence-corrected chi connectivity index (χ1v) is 13.5. The molecule has 0 saturated heterocycles. The second kappa shape index (κ2) is 12.0. The molecule has 0 radical (unpaired) electrons. The van der Waals surface area contributed by atoms with Gasteiger partial charge in [-0.1, -0.05) is 55.7 Å². The van der Waals surface area contributed by atoms with Crippen molar-refractivity contribution in [3.8, 4) is 11.3 Å². The SMILES string of the molecule is Cc1ccccc1C(C(=O)NC1CCCCC1)N(C(=O)Cn1ccnc1C)c1cccc(-c2cnccn2)c1. The van der Waals surface area contributed by atoms with E-state index < -0.39 is 6.04 Å². The van der Waals surface area contributed by atoms with Crippen molar-refractivity contribution in [2.24, 2.45) is 0 Å². The molecule has 39 heavy (non-hydrogen) atoms. The van der Waals surface area contributed by atoms with Crippen LogP contribution in [0.25, 0.3) is 11.3 Å². The van der Waals surface area contributed by atoms with Crippen LogP contribution in [0, 0.1) is 13.8 Å². The van der Waals surface area contributed by atoms with E-state index in [1.54, 1.807) is 40.5 Å². The number of nitrogens with zero attached hydrogens (tertiary/aromatic N) is 5. The zero-order valence-electron chi connectivity index (χ0n) is 22.5. The van der Waals surface area contributed by atoms with Crippen molar-refractivity contribution in [3.63, 3.8) is 0 Å². The molecule has 1 fully saturated rings. The van der Waals surface area contributed by atoms with Gasteiger partial charge in [0.15, 0.2) is 0 Å². The van der Waals surface area contributed by atoms with Gasteiger partial charge in [-0.2, -0.15) is 0 Å². The van der Waals surface area contributed by atoms with E-state index in [1.165, 1.54) is 6.42 Å². The van der Waals surface area contributed by atoms with Crippen molar-refractivity contribution in [1.82, 2.24) is 24.8 Å². The molecule has 200 valence electrons. The number of benzene rings is 2. The lowest BCUT2D eigenvalue weighted by molar-refractivity contribution is -0.127. The van der Waals surface area contributed by atoms with E-state index >= 15 is 0 Å². The van der Waals surface area contributed by atoms with Crippen LogP contribution in [-0.4, -0.2) is 37.4 Å². The van der Waals surface area contributed by atoms with Crippen LogP contribution in [0.1, 0.15) is 55.1 Å². The van der Waals surface area contributed by atoms with Crippen LogP contribution in [0.2, 0.25) is 0 Å². The van der Waals surface area contributed by atoms with E-state index in [2.05, 4.69) is 20.3 Å². The Bertz CT molecular complexity index is 1430. The van der Waals surface area contributed by atoms with E-state index in [4.69, 9.17) is 0 Å². The Morgan fingerprint density at radius 3 is 2.54 bits per heavy atom. The fourth-order valence-corrected chi connectivity index (χ4v) is 5.31. The molecule has 2 amide bonds. The van der Waals surface area contributed by atoms with Gasteiger partial charge in [-0.05, 0) is 49.9 Å². The maximum absolute atomic E-state index is 14.2. The molecule has 0 aliphatic heterocycles. The minimum atomic E-state index is -0.846. The number of hydrogen-bond acceptors (Lipinski definition) is 5. The molecule has 1 aliphatic carbocycles. The predicted molar refractivity (Wildman–Crippen MR) is 151 cm³/mol. The van der Waals surface area contributed by atoms with E-state index in [0.717, 1.165) is 48.2 Å². The van der Waals surface area contributed by atoms with Gasteiger partial charge in [0.25, 0.3) is 0 Å². The molecule has 1 aliphatic rings. The molecule has 0 spiro atoms. The number of imidazole rings is 1. The normalized spacial score (nSPS) is 14.5. The molecular formula is C31H34N6O2. The predicted octanol–water partition coefficient (Wildman–Crippen LogP) is 5.18. The highest BCUT2D eigenvalue weighted by Gasteiger charge is 2.35. The highest BCUT2D eigenvalue weighted by molar-refractivity contribution is 6.02. The lowest BCUT2D eigenvalue weighted by atomic mass is 9.93. The van der Waals surface area contributed by atoms with E-state index in [9.17, 15) is 9.59 Å². The van der Waals surface area contributed by atoms with Crippen molar-refractivity contribution in [2.45, 2.75) is 64.6 Å². The average molecular weight is 523 g/mol. The first-order chi connectivity index (χ1) is 19.0. The molecule has 2 aromatic carbocycles. The van der Waals surface area contributed by atoms with Crippen molar-refractivity contribution in [1.29, 1.82) is 0 Å². The zero-order valence-corrected chi connectivity index (χ0v) is 22.5. The Morgan fingerprint density at radius 2 is 1.82 bits per heavy atom. The Morgan fingerprint density at radius 1 is 1.00 bits per heavy atom. The van der Waals surface area contributed by atoms with Crippen molar-refractivity contribution in [2.75, 3.05) is 4.90 Å². The van der Waals surface area contributed by atoms with Gasteiger partial charge in [0.2, 0.25) is 11.8 Å². The molecule has 1 saturated carbocycles. The topological polar surface area (TPSA) is 93.0 Å². The number of anilines is 1. The summed E-state index contributed by atoms with van der Waals surface area (Å²) in [6.45, 7) is 3.90. The number of nitrogens with one attached hydrogen (secondary N) is 1. The van der Waals surface area contributed by atoms with Gasteiger partial charge in [-0.25, -0.2) is 4.98 Å². The smallest absolute Gasteiger partial charge is 0.248 e. The minimum absolute atomic E-state index is 0.0558. The lowest BCUT2D eigenvalue weighted by Gasteiger charge is -2.34. The van der Waals surface area contributed by atoms with Gasteiger partial charge < -0.3 is 9.88 Å². The molecule has 1 unspecified atom stereocenters. The van der Waals surface area contributed by atoms with Crippen LogP contribution < -0.4 is 10.2 Å². The highest BCUT2D eigenvalue weighted by atomic mass is 16.2. The fourth-order valence-electron chi connectivity index (χ4n) is 5.31. The molecular weight excluding hydrogens is 488 g/mol. The number of aromatic nitrogens is 4. The number of carbonyl (C=O) groups excluding carboxylic acids is 2. The summed E-state index contributed by atoms with van der Waals surface area (Å²) in [5.41, 5.74) is 3.87. The van der Waals surface area contributed by atoms with Crippen LogP contribution in [0.4, 0.5) is 5.69 Å². The summed E-state index contributed by atoms with van der Waals surface area (Å²) in [5, 5.41) is 3.29. The summed E-state index contributed by atoms with van der Waals surface area (Å²) in [6.07, 6.45) is 13.7. The van der Waals surface area contributed by atoms with E-state index in [1.807, 2.05) is 62.4 Å². The van der Waals surface area contributed by atoms with Crippen molar-refractivity contribution in [3.05, 3.63) is 96.5 Å². The molecule has 8 nitrogen and oxygen atoms in total. The number of amides is 2. The molecule has 0 bridgehead atoms. The zero-order chi connectivity index (χ0) is 27.2. The third kappa shape index (κ3) is 6.06. The van der Waals surface area contributed by atoms with Crippen LogP contribution in [0.5, 0.6) is 0 Å². The van der Waals surface area contributed by atoms with Gasteiger partial charge in [0, 0.05) is 42.1 Å². The molecule has 2 aromatic heterocycles. The Kier molecular flexibility index (Phi) is 8.10. The second-order valence-corrected chi connectivity index (χ2v) is 10.1. The monoisotopic (exact) mass is 522 g/mol. The maximum Gasteiger partial charge on any atom is 0.248 e. The van der Waals surface area contributed by atoms with Gasteiger partial charge >= 0.3 is 0 Å². The van der Waals surface area contributed by atoms with Gasteiger partial charge in [0.1, 0.15) is 18.4 Å². The second-order valence-electron chi connectivity index (χ2n) is 10.1. The summed E-state index contributed by atoms with van der Waals surface area (Å²) in [7, 11) is 0. The lowest BCUT2D eigenvalue weighted by Crippen LogP contribution is -2.48. The summed E-state index contributed by atoms with van der Waals surface area (Å²) >= 11 is 0. The molecule has 2 heterocycles. The summed E-state index contributed by atoms with van der Waals surface area (Å²) in [5.74, 6) is 0.354. The Balaban J connectivity index is 1.61. The summed E-state index contributed by atoms with van der Waals surface area (Å²) < 4.78 is 1.80. The highest BCUT2D eigenvalue weighted by Crippen LogP contribution is 2.33. The van der Waals surface area contributed by atoms with Crippen LogP contribution >= 0.6 is 0 Å². The van der Waals surface area contributed by atoms with Crippen molar-refractivity contribution < 1.29 is 9.59 Å². The largest absolute Gasteiger partial charge is 0.351 e. The molecule has 1 N–H and O–H groups in total. The first kappa shape index (κ1) is 26.3. The van der Waals surface area contributed by atoms with E-state index in [-0.39, 0.29) is 24.4 Å². The number of carbonyl (C=O) groups is 2. The minimum Gasteiger partial charge on any atom is -0.351 e. The molecule has 5 rings (SSSR count). The third-order valence-electron chi connectivity index (χ3n) is 7.42. The Hall–Kier alpha value is -4.33. The quantitative estimate of drug-likeness (QED) is 0.344. The number of hydrogen-bond donors (Lipinski definition) is 1. The maximum atomic E-state index is 14.2. The van der Waals surface area contributed by atoms with Crippen LogP contribution in [0.3, 0.4) is 0 Å². The van der Waals surface area contributed by atoms with Crippen molar-refractivity contribution >= 4 is 17.5 Å². The Labute approximate surface area is 229 Å². The number of aryl methyl sites for hydroxylation is 2. The van der Waals surface area contributed by atoms with Crippen LogP contribution in [0.15, 0.2) is 79.5 Å². The molecule has 8 heteroatoms. The van der Waals surface area contributed by atoms with Gasteiger partial charge in [-0.3, -0.25) is 24.5 Å². The van der Waals surface area contributed by atoms with Crippen LogP contribution in [-0.2, 0) is 16.1 Å². The van der Waals surface area contributed by atoms with Gasteiger partial charge in [0.05, 0.1) is 11.9 Å². The molecule has 4 aromatic rings. The number of rotatable bonds is 8. The first-order valence-electron chi connectivity index (χ1n) is 13.5. The van der Waals surface area contributed by atoms with E-state index in [0.29, 0.717) is 11.4 Å². The third-order valence-corrected chi connectivity index (χ3v) is 7.42. The summed E-state index contributed by atoms with van der Waals surface area (Å²) in [4.78, 5) is 42.9. The average Bonchev–Trinajstić information content (AvgIpc) is 3.37. The molecule has 1 atom stereocenters. The standard InChI is InChI=1S/C31H34N6O2/c1-22-9-6-7-14-27(22)30(31(39)35-25-11-4-3-5-12-25)37(29(38)21-36-18-17-33-23(36)2)26-13-8-10-24(19-26)28-20-32-15-16-34-28/h6-10,13-20,25,30H,3-5,11-12,21H2,1-2H3,(H,35,39). The summed E-state index contributed by atoms with van der Waals surface area (Å²) in [6, 6.07) is 14.6. The van der Waals surface area contributed by atoms with Gasteiger partial charge in [-0.15, -0.1) is 0 Å².